The third-order valence-electron chi connectivity index (χ3n) is 16.4. The van der Waals surface area contributed by atoms with Gasteiger partial charge >= 0.3 is 0 Å². The Morgan fingerprint density at radius 2 is 1.21 bits per heavy atom. The van der Waals surface area contributed by atoms with E-state index in [2.05, 4.69) is 199 Å². The molecule has 9 aromatic rings. The van der Waals surface area contributed by atoms with E-state index in [4.69, 9.17) is 0 Å². The molecule has 5 heteroatoms. The highest BCUT2D eigenvalue weighted by Crippen LogP contribution is 2.60. The van der Waals surface area contributed by atoms with E-state index in [-0.39, 0.29) is 24.4 Å². The number of anilines is 1. The minimum atomic E-state index is -0.0903. The van der Waals surface area contributed by atoms with Crippen molar-refractivity contribution < 1.29 is 0 Å². The lowest BCUT2D eigenvalue weighted by molar-refractivity contribution is 0.192. The summed E-state index contributed by atoms with van der Waals surface area (Å²) in [6.07, 6.45) is 13.5. The highest BCUT2D eigenvalue weighted by Gasteiger charge is 2.58. The quantitative estimate of drug-likeness (QED) is 0.128. The zero-order valence-electron chi connectivity index (χ0n) is 35.5. The van der Waals surface area contributed by atoms with Crippen molar-refractivity contribution in [3.8, 4) is 22.5 Å². The molecule has 1 fully saturated rings. The van der Waals surface area contributed by atoms with Gasteiger partial charge in [-0.2, -0.15) is 0 Å². The first-order valence-corrected chi connectivity index (χ1v) is 22.7. The van der Waals surface area contributed by atoms with Crippen LogP contribution in [0.15, 0.2) is 170 Å². The fourth-order valence-corrected chi connectivity index (χ4v) is 13.6. The topological polar surface area (TPSA) is 13.1 Å². The van der Waals surface area contributed by atoms with Gasteiger partial charge in [-0.1, -0.05) is 152 Å². The standard InChI is InChI=1S/C57H45B2N3/c1-5-7-18-36(6-2)62-50-34-47-52(33-43(50)56(3)29-16-17-30-57(56,62)4)61-49-26-15-11-22-40(49)42-32-41-39-21-10-14-25-48(39)60-51-31-35(27-28-46(51)59(47)53(54(41)60)55(42)61)58-44-23-12-8-19-37(44)38-20-9-13-24-45(38)58/h5-15,18-28,31-34H,2,16-17,29-30H2,1,3-4H3/b7-5-,36-18+. The fraction of sp³-hybridized carbons (Fsp3) is 0.158. The van der Waals surface area contributed by atoms with Crippen LogP contribution in [0.5, 0.6) is 0 Å². The zero-order chi connectivity index (χ0) is 41.2. The number of benzene rings is 7. The maximum Gasteiger partial charge on any atom is 0.252 e. The van der Waals surface area contributed by atoms with Gasteiger partial charge in [-0.05, 0) is 108 Å². The Kier molecular flexibility index (Phi) is 6.77. The van der Waals surface area contributed by atoms with Crippen LogP contribution >= 0.6 is 0 Å². The number of allylic oxidation sites excluding steroid dienone is 4. The average molecular weight is 794 g/mol. The molecule has 7 aromatic carbocycles. The van der Waals surface area contributed by atoms with Crippen LogP contribution in [-0.2, 0) is 5.41 Å². The van der Waals surface area contributed by atoms with E-state index >= 15 is 0 Å². The minimum absolute atomic E-state index is 0.0282. The Hall–Kier alpha value is -6.71. The van der Waals surface area contributed by atoms with Gasteiger partial charge in [0.2, 0.25) is 6.71 Å². The van der Waals surface area contributed by atoms with Gasteiger partial charge in [0.25, 0.3) is 6.71 Å². The molecule has 6 heterocycles. The summed E-state index contributed by atoms with van der Waals surface area (Å²) in [5.74, 6) is 0. The fourth-order valence-electron chi connectivity index (χ4n) is 13.6. The molecular weight excluding hydrogens is 748 g/mol. The summed E-state index contributed by atoms with van der Waals surface area (Å²) >= 11 is 0. The SMILES string of the molecule is C=C/C(=C\C=C/C)N1c2cc3c(cc2C2(C)CCCCC12C)-n1c2ccccc2c2cc4c5ccccc5n5c4c(c21)B3c1ccc(B2c3ccccc3-c3ccccc32)cc1-5. The van der Waals surface area contributed by atoms with Crippen molar-refractivity contribution in [3.63, 3.8) is 0 Å². The smallest absolute Gasteiger partial charge is 0.252 e. The second-order valence-electron chi connectivity index (χ2n) is 19.0. The van der Waals surface area contributed by atoms with E-state index in [1.807, 2.05) is 0 Å². The highest BCUT2D eigenvalue weighted by atomic mass is 15.3. The minimum Gasteiger partial charge on any atom is -0.334 e. The summed E-state index contributed by atoms with van der Waals surface area (Å²) in [7, 11) is 0. The molecule has 1 saturated carbocycles. The van der Waals surface area contributed by atoms with Crippen LogP contribution in [0.1, 0.15) is 52.0 Å². The summed E-state index contributed by atoms with van der Waals surface area (Å²) in [5.41, 5.74) is 22.8. The van der Waals surface area contributed by atoms with E-state index in [1.165, 1.54) is 135 Å². The molecule has 4 aliphatic heterocycles. The molecule has 3 nitrogen and oxygen atoms in total. The Morgan fingerprint density at radius 1 is 0.597 bits per heavy atom. The number of rotatable bonds is 4. The first kappa shape index (κ1) is 34.9. The maximum atomic E-state index is 4.44. The Morgan fingerprint density at radius 3 is 1.87 bits per heavy atom. The predicted molar refractivity (Wildman–Crippen MR) is 266 cm³/mol. The van der Waals surface area contributed by atoms with Crippen LogP contribution in [-0.4, -0.2) is 28.1 Å². The van der Waals surface area contributed by atoms with Crippen molar-refractivity contribution in [2.45, 2.75) is 57.4 Å². The van der Waals surface area contributed by atoms with Crippen molar-refractivity contribution >= 4 is 95.5 Å². The van der Waals surface area contributed by atoms with E-state index < -0.39 is 0 Å². The van der Waals surface area contributed by atoms with Crippen LogP contribution in [0.2, 0.25) is 0 Å². The molecule has 2 unspecified atom stereocenters. The molecular formula is C57H45B2N3. The van der Waals surface area contributed by atoms with Gasteiger partial charge in [0.05, 0.1) is 27.6 Å². The van der Waals surface area contributed by atoms with Crippen molar-refractivity contribution in [3.05, 3.63) is 176 Å². The molecule has 62 heavy (non-hydrogen) atoms. The van der Waals surface area contributed by atoms with Crippen LogP contribution in [0, 0.1) is 0 Å². The van der Waals surface area contributed by atoms with Crippen molar-refractivity contribution in [2.75, 3.05) is 4.90 Å². The van der Waals surface area contributed by atoms with Crippen LogP contribution in [0.3, 0.4) is 0 Å². The molecule has 2 atom stereocenters. The molecule has 14 rings (SSSR count). The Balaban J connectivity index is 1.13. The first-order valence-electron chi connectivity index (χ1n) is 22.7. The summed E-state index contributed by atoms with van der Waals surface area (Å²) in [4.78, 5) is 2.70. The number of hydrogen-bond acceptors (Lipinski definition) is 1. The normalized spacial score (nSPS) is 20.4. The van der Waals surface area contributed by atoms with Crippen molar-refractivity contribution in [1.29, 1.82) is 0 Å². The number of nitrogens with zero attached hydrogens (tertiary/aromatic N) is 3. The highest BCUT2D eigenvalue weighted by molar-refractivity contribution is 7.01. The average Bonchev–Trinajstić information content (AvgIpc) is 4.00. The molecule has 2 aromatic heterocycles. The molecule has 1 aliphatic carbocycles. The van der Waals surface area contributed by atoms with E-state index in [0.29, 0.717) is 0 Å². The van der Waals surface area contributed by atoms with E-state index in [9.17, 15) is 0 Å². The number of hydrogen-bond donors (Lipinski definition) is 0. The predicted octanol–water partition coefficient (Wildman–Crippen LogP) is 9.58. The lowest BCUT2D eigenvalue weighted by Gasteiger charge is -2.50. The number of para-hydroxylation sites is 2. The lowest BCUT2D eigenvalue weighted by atomic mass is 9.33. The monoisotopic (exact) mass is 793 g/mol. The van der Waals surface area contributed by atoms with Gasteiger partial charge in [0.15, 0.2) is 0 Å². The van der Waals surface area contributed by atoms with Gasteiger partial charge in [-0.3, -0.25) is 0 Å². The molecule has 0 amide bonds. The van der Waals surface area contributed by atoms with Crippen molar-refractivity contribution in [1.82, 2.24) is 9.13 Å². The lowest BCUT2D eigenvalue weighted by Crippen LogP contribution is -2.60. The zero-order valence-corrected chi connectivity index (χ0v) is 35.5. The molecule has 0 spiro atoms. The summed E-state index contributed by atoms with van der Waals surface area (Å²) in [6, 6.07) is 51.7. The van der Waals surface area contributed by atoms with E-state index in [1.54, 1.807) is 0 Å². The van der Waals surface area contributed by atoms with Crippen LogP contribution < -0.4 is 37.7 Å². The second kappa shape index (κ2) is 12.0. The maximum absolute atomic E-state index is 4.44. The van der Waals surface area contributed by atoms with Crippen LogP contribution in [0.4, 0.5) is 5.69 Å². The summed E-state index contributed by atoms with van der Waals surface area (Å²) in [5, 5.41) is 5.32. The first-order chi connectivity index (χ1) is 30.4. The van der Waals surface area contributed by atoms with Crippen molar-refractivity contribution in [2.24, 2.45) is 0 Å². The van der Waals surface area contributed by atoms with Gasteiger partial charge in [0.1, 0.15) is 0 Å². The van der Waals surface area contributed by atoms with Gasteiger partial charge in [-0.25, -0.2) is 0 Å². The third-order valence-corrected chi connectivity index (χ3v) is 16.4. The van der Waals surface area contributed by atoms with Gasteiger partial charge < -0.3 is 14.0 Å². The summed E-state index contributed by atoms with van der Waals surface area (Å²) < 4.78 is 5.30. The second-order valence-corrected chi connectivity index (χ2v) is 19.0. The molecule has 0 saturated heterocycles. The molecule has 294 valence electrons. The molecule has 0 bridgehead atoms. The van der Waals surface area contributed by atoms with Gasteiger partial charge in [0, 0.05) is 49.7 Å². The Bertz CT molecular complexity index is 3540. The molecule has 5 aliphatic rings. The number of fused-ring (bicyclic) bond motifs is 18. The summed E-state index contributed by atoms with van der Waals surface area (Å²) in [6.45, 7) is 11.8. The number of aromatic nitrogens is 2. The largest absolute Gasteiger partial charge is 0.334 e. The molecule has 0 radical (unpaired) electrons. The third kappa shape index (κ3) is 4.02. The molecule has 0 N–H and O–H groups in total. The van der Waals surface area contributed by atoms with E-state index in [0.717, 1.165) is 6.42 Å². The van der Waals surface area contributed by atoms with Crippen LogP contribution in [0.25, 0.3) is 66.1 Å². The Labute approximate surface area is 363 Å². The van der Waals surface area contributed by atoms with Gasteiger partial charge in [-0.15, -0.1) is 0 Å².